The Morgan fingerprint density at radius 1 is 1.29 bits per heavy atom. The van der Waals surface area contributed by atoms with Crippen molar-refractivity contribution < 1.29 is 19.8 Å². The maximum atomic E-state index is 12.4. The van der Waals surface area contributed by atoms with Crippen LogP contribution >= 0.6 is 0 Å². The van der Waals surface area contributed by atoms with Crippen LogP contribution in [0.1, 0.15) is 37.4 Å². The van der Waals surface area contributed by atoms with Crippen molar-refractivity contribution in [2.75, 3.05) is 13.1 Å². The molecule has 0 amide bonds. The number of benzene rings is 1. The summed E-state index contributed by atoms with van der Waals surface area (Å²) in [5.74, 6) is -1.81. The Morgan fingerprint density at radius 3 is 2.71 bits per heavy atom. The number of carboxylic acid groups (broad SMARTS) is 2. The molecule has 0 saturated carbocycles. The summed E-state index contributed by atoms with van der Waals surface area (Å²) in [5, 5.41) is 20.1. The van der Waals surface area contributed by atoms with Crippen molar-refractivity contribution in [3.8, 4) is 0 Å². The molecule has 3 rings (SSSR count). The van der Waals surface area contributed by atoms with E-state index in [1.165, 1.54) is 0 Å². The molecule has 0 saturated heterocycles. The Kier molecular flexibility index (Phi) is 4.32. The molecule has 1 atom stereocenters. The van der Waals surface area contributed by atoms with Gasteiger partial charge in [-0.05, 0) is 37.4 Å². The molecule has 128 valence electrons. The van der Waals surface area contributed by atoms with Crippen LogP contribution in [0.15, 0.2) is 24.3 Å². The summed E-state index contributed by atoms with van der Waals surface area (Å²) < 4.78 is 0. The lowest BCUT2D eigenvalue weighted by Crippen LogP contribution is -2.55. The van der Waals surface area contributed by atoms with Gasteiger partial charge in [0.25, 0.3) is 0 Å². The number of aromatic amines is 1. The SMILES string of the molecule is CCN1CCc2c([nH]c3ccccc23)C1(CCCC(=O)O)C(=O)O. The molecule has 6 heteroatoms. The van der Waals surface area contributed by atoms with Gasteiger partial charge in [0, 0.05) is 23.9 Å². The van der Waals surface area contributed by atoms with E-state index < -0.39 is 17.5 Å². The van der Waals surface area contributed by atoms with Gasteiger partial charge in [-0.2, -0.15) is 0 Å². The molecule has 1 aliphatic heterocycles. The maximum absolute atomic E-state index is 12.4. The topological polar surface area (TPSA) is 93.6 Å². The molecular weight excluding hydrogens is 308 g/mol. The van der Waals surface area contributed by atoms with Gasteiger partial charge in [0.2, 0.25) is 0 Å². The fourth-order valence-corrected chi connectivity index (χ4v) is 3.96. The highest BCUT2D eigenvalue weighted by molar-refractivity contribution is 5.90. The van der Waals surface area contributed by atoms with E-state index in [9.17, 15) is 14.7 Å². The summed E-state index contributed by atoms with van der Waals surface area (Å²) in [5.41, 5.74) is 1.52. The molecule has 0 bridgehead atoms. The Bertz CT molecular complexity index is 782. The maximum Gasteiger partial charge on any atom is 0.330 e. The number of para-hydroxylation sites is 1. The first-order valence-corrected chi connectivity index (χ1v) is 8.31. The van der Waals surface area contributed by atoms with E-state index in [0.717, 1.165) is 28.6 Å². The number of rotatable bonds is 6. The standard InChI is InChI=1S/C18H22N2O4/c1-2-20-11-9-13-12-6-3-4-7-14(12)19-16(13)18(20,17(23)24)10-5-8-15(21)22/h3-4,6-7,19H,2,5,8-11H2,1H3,(H,21,22)(H,23,24). The highest BCUT2D eigenvalue weighted by atomic mass is 16.4. The average molecular weight is 330 g/mol. The second kappa shape index (κ2) is 6.28. The van der Waals surface area contributed by atoms with Crippen molar-refractivity contribution in [2.24, 2.45) is 0 Å². The van der Waals surface area contributed by atoms with E-state index >= 15 is 0 Å². The second-order valence-corrected chi connectivity index (χ2v) is 6.27. The van der Waals surface area contributed by atoms with Gasteiger partial charge in [0.05, 0.1) is 5.69 Å². The highest BCUT2D eigenvalue weighted by Gasteiger charge is 2.49. The minimum absolute atomic E-state index is 0.0256. The number of aromatic nitrogens is 1. The molecule has 2 heterocycles. The lowest BCUT2D eigenvalue weighted by atomic mass is 9.80. The van der Waals surface area contributed by atoms with Gasteiger partial charge in [0.1, 0.15) is 0 Å². The van der Waals surface area contributed by atoms with Crippen molar-refractivity contribution in [1.82, 2.24) is 9.88 Å². The van der Waals surface area contributed by atoms with Crippen molar-refractivity contribution in [3.63, 3.8) is 0 Å². The first-order chi connectivity index (χ1) is 11.5. The lowest BCUT2D eigenvalue weighted by Gasteiger charge is -2.43. The van der Waals surface area contributed by atoms with Gasteiger partial charge in [0.15, 0.2) is 5.54 Å². The molecule has 24 heavy (non-hydrogen) atoms. The summed E-state index contributed by atoms with van der Waals surface area (Å²) in [6, 6.07) is 7.84. The fraction of sp³-hybridized carbons (Fsp3) is 0.444. The van der Waals surface area contributed by atoms with Gasteiger partial charge in [-0.15, -0.1) is 0 Å². The molecule has 1 aromatic heterocycles. The monoisotopic (exact) mass is 330 g/mol. The van der Waals surface area contributed by atoms with Crippen molar-refractivity contribution in [1.29, 1.82) is 0 Å². The minimum Gasteiger partial charge on any atom is -0.481 e. The molecule has 6 nitrogen and oxygen atoms in total. The molecule has 3 N–H and O–H groups in total. The van der Waals surface area contributed by atoms with Crippen LogP contribution in [-0.4, -0.2) is 45.1 Å². The highest BCUT2D eigenvalue weighted by Crippen LogP contribution is 2.42. The number of hydrogen-bond acceptors (Lipinski definition) is 3. The van der Waals surface area contributed by atoms with Crippen LogP contribution in [0.5, 0.6) is 0 Å². The normalized spacial score (nSPS) is 20.9. The molecule has 1 aliphatic rings. The summed E-state index contributed by atoms with van der Waals surface area (Å²) in [4.78, 5) is 28.5. The number of likely N-dealkylation sites (N-methyl/N-ethyl adjacent to an activating group) is 1. The van der Waals surface area contributed by atoms with E-state index in [-0.39, 0.29) is 12.8 Å². The van der Waals surface area contributed by atoms with Crippen LogP contribution in [0.3, 0.4) is 0 Å². The van der Waals surface area contributed by atoms with E-state index in [1.54, 1.807) is 0 Å². The third kappa shape index (κ3) is 2.47. The predicted molar refractivity (Wildman–Crippen MR) is 90.1 cm³/mol. The number of H-pyrrole nitrogens is 1. The molecule has 1 unspecified atom stereocenters. The number of nitrogens with one attached hydrogen (secondary N) is 1. The van der Waals surface area contributed by atoms with E-state index in [0.29, 0.717) is 19.5 Å². The third-order valence-electron chi connectivity index (χ3n) is 5.06. The first-order valence-electron chi connectivity index (χ1n) is 8.31. The van der Waals surface area contributed by atoms with Gasteiger partial charge in [-0.3, -0.25) is 9.69 Å². The predicted octanol–water partition coefficient (Wildman–Crippen LogP) is 2.58. The largest absolute Gasteiger partial charge is 0.481 e. The van der Waals surface area contributed by atoms with Crippen LogP contribution in [0, 0.1) is 0 Å². The molecule has 0 spiro atoms. The number of nitrogens with zero attached hydrogens (tertiary/aromatic N) is 1. The van der Waals surface area contributed by atoms with Gasteiger partial charge < -0.3 is 15.2 Å². The van der Waals surface area contributed by atoms with E-state index in [2.05, 4.69) is 4.98 Å². The van der Waals surface area contributed by atoms with Crippen LogP contribution in [0.2, 0.25) is 0 Å². The zero-order chi connectivity index (χ0) is 17.3. The minimum atomic E-state index is -1.18. The van der Waals surface area contributed by atoms with Crippen LogP contribution < -0.4 is 0 Å². The van der Waals surface area contributed by atoms with Gasteiger partial charge >= 0.3 is 11.9 Å². The first kappa shape index (κ1) is 16.5. The molecule has 2 aromatic rings. The Labute approximate surface area is 140 Å². The summed E-state index contributed by atoms with van der Waals surface area (Å²) >= 11 is 0. The fourth-order valence-electron chi connectivity index (χ4n) is 3.96. The van der Waals surface area contributed by atoms with Crippen molar-refractivity contribution >= 4 is 22.8 Å². The van der Waals surface area contributed by atoms with E-state index in [4.69, 9.17) is 5.11 Å². The Balaban J connectivity index is 2.13. The van der Waals surface area contributed by atoms with E-state index in [1.807, 2.05) is 36.1 Å². The van der Waals surface area contributed by atoms with Gasteiger partial charge in [-0.25, -0.2) is 4.79 Å². The zero-order valence-corrected chi connectivity index (χ0v) is 13.7. The summed E-state index contributed by atoms with van der Waals surface area (Å²) in [6.07, 6.45) is 1.37. The van der Waals surface area contributed by atoms with Crippen molar-refractivity contribution in [2.45, 2.75) is 38.1 Å². The number of aliphatic carboxylic acids is 2. The third-order valence-corrected chi connectivity index (χ3v) is 5.06. The molecular formula is C18H22N2O4. The number of carboxylic acids is 2. The van der Waals surface area contributed by atoms with Crippen LogP contribution in [0.4, 0.5) is 0 Å². The lowest BCUT2D eigenvalue weighted by molar-refractivity contribution is -0.155. The average Bonchev–Trinajstić information content (AvgIpc) is 2.93. The van der Waals surface area contributed by atoms with Gasteiger partial charge in [-0.1, -0.05) is 25.1 Å². The van der Waals surface area contributed by atoms with Crippen LogP contribution in [-0.2, 0) is 21.5 Å². The molecule has 0 aliphatic carbocycles. The van der Waals surface area contributed by atoms with Crippen LogP contribution in [0.25, 0.3) is 10.9 Å². The molecule has 0 fully saturated rings. The summed E-state index contributed by atoms with van der Waals surface area (Å²) in [7, 11) is 0. The Morgan fingerprint density at radius 2 is 2.04 bits per heavy atom. The number of carbonyl (C=O) groups is 2. The quantitative estimate of drug-likeness (QED) is 0.757. The number of hydrogen-bond donors (Lipinski definition) is 3. The molecule has 0 radical (unpaired) electrons. The van der Waals surface area contributed by atoms with Crippen molar-refractivity contribution in [3.05, 3.63) is 35.5 Å². The Hall–Kier alpha value is -2.34. The second-order valence-electron chi connectivity index (χ2n) is 6.27. The smallest absolute Gasteiger partial charge is 0.330 e. The molecule has 1 aromatic carbocycles. The zero-order valence-electron chi connectivity index (χ0n) is 13.7. The number of fused-ring (bicyclic) bond motifs is 3. The summed E-state index contributed by atoms with van der Waals surface area (Å²) in [6.45, 7) is 3.21.